The van der Waals surface area contributed by atoms with Crippen LogP contribution in [0.2, 0.25) is 0 Å². The fraction of sp³-hybridized carbons (Fsp3) is 0.462. The molecule has 0 saturated heterocycles. The van der Waals surface area contributed by atoms with E-state index < -0.39 is 0 Å². The van der Waals surface area contributed by atoms with Gasteiger partial charge in [0.25, 0.3) is 0 Å². The number of aryl methyl sites for hydroxylation is 1. The molecule has 0 aliphatic rings. The van der Waals surface area contributed by atoms with Crippen LogP contribution in [-0.4, -0.2) is 19.5 Å². The SMILES string of the molecule is Cc1c(N)nc(C(C)C)nc1Cc1nccn1C. The van der Waals surface area contributed by atoms with Crippen molar-refractivity contribution < 1.29 is 0 Å². The van der Waals surface area contributed by atoms with Crippen LogP contribution in [0.3, 0.4) is 0 Å². The van der Waals surface area contributed by atoms with Gasteiger partial charge in [0.2, 0.25) is 0 Å². The van der Waals surface area contributed by atoms with Crippen molar-refractivity contribution in [3.63, 3.8) is 0 Å². The fourth-order valence-electron chi connectivity index (χ4n) is 1.75. The quantitative estimate of drug-likeness (QED) is 0.895. The van der Waals surface area contributed by atoms with Crippen molar-refractivity contribution in [1.29, 1.82) is 0 Å². The van der Waals surface area contributed by atoms with Crippen LogP contribution in [-0.2, 0) is 13.5 Å². The number of nitrogens with two attached hydrogens (primary N) is 1. The molecule has 0 spiro atoms. The summed E-state index contributed by atoms with van der Waals surface area (Å²) < 4.78 is 1.99. The Morgan fingerprint density at radius 3 is 2.61 bits per heavy atom. The van der Waals surface area contributed by atoms with Crippen molar-refractivity contribution in [2.75, 3.05) is 5.73 Å². The summed E-state index contributed by atoms with van der Waals surface area (Å²) in [5.74, 6) is 2.61. The number of nitrogen functional groups attached to an aromatic ring is 1. The highest BCUT2D eigenvalue weighted by Gasteiger charge is 2.13. The average molecular weight is 245 g/mol. The monoisotopic (exact) mass is 245 g/mol. The van der Waals surface area contributed by atoms with E-state index in [1.807, 2.05) is 24.7 Å². The van der Waals surface area contributed by atoms with Crippen molar-refractivity contribution in [1.82, 2.24) is 19.5 Å². The largest absolute Gasteiger partial charge is 0.383 e. The maximum Gasteiger partial charge on any atom is 0.133 e. The van der Waals surface area contributed by atoms with Gasteiger partial charge in [0.05, 0.1) is 5.69 Å². The van der Waals surface area contributed by atoms with Crippen LogP contribution in [0.5, 0.6) is 0 Å². The summed E-state index contributed by atoms with van der Waals surface area (Å²) in [7, 11) is 1.98. The third-order valence-electron chi connectivity index (χ3n) is 3.06. The number of anilines is 1. The summed E-state index contributed by atoms with van der Waals surface area (Å²) in [4.78, 5) is 13.2. The molecule has 2 N–H and O–H groups in total. The standard InChI is InChI=1S/C13H19N5/c1-8(2)13-16-10(9(3)12(14)17-13)7-11-15-5-6-18(11)4/h5-6,8H,7H2,1-4H3,(H2,14,16,17). The lowest BCUT2D eigenvalue weighted by atomic mass is 10.1. The molecule has 2 aromatic heterocycles. The van der Waals surface area contributed by atoms with Crippen LogP contribution < -0.4 is 5.73 Å². The van der Waals surface area contributed by atoms with Gasteiger partial charge in [-0.3, -0.25) is 0 Å². The van der Waals surface area contributed by atoms with Gasteiger partial charge < -0.3 is 10.3 Å². The lowest BCUT2D eigenvalue weighted by molar-refractivity contribution is 0.745. The molecular weight excluding hydrogens is 226 g/mol. The highest BCUT2D eigenvalue weighted by atomic mass is 15.0. The molecule has 5 nitrogen and oxygen atoms in total. The van der Waals surface area contributed by atoms with Gasteiger partial charge in [-0.2, -0.15) is 0 Å². The Labute approximate surface area is 107 Å². The summed E-state index contributed by atoms with van der Waals surface area (Å²) in [6, 6.07) is 0. The van der Waals surface area contributed by atoms with Crippen LogP contribution in [0.15, 0.2) is 12.4 Å². The van der Waals surface area contributed by atoms with Crippen molar-refractivity contribution >= 4 is 5.82 Å². The lowest BCUT2D eigenvalue weighted by Gasteiger charge is -2.11. The van der Waals surface area contributed by atoms with Crippen molar-refractivity contribution in [3.05, 3.63) is 35.3 Å². The number of rotatable bonds is 3. The third-order valence-corrected chi connectivity index (χ3v) is 3.06. The second kappa shape index (κ2) is 4.76. The van der Waals surface area contributed by atoms with E-state index in [0.29, 0.717) is 12.2 Å². The topological polar surface area (TPSA) is 69.6 Å². The van der Waals surface area contributed by atoms with E-state index in [-0.39, 0.29) is 5.92 Å². The molecule has 5 heteroatoms. The number of nitrogens with zero attached hydrogens (tertiary/aromatic N) is 4. The molecule has 0 aliphatic carbocycles. The molecule has 2 aromatic rings. The number of imidazole rings is 1. The molecular formula is C13H19N5. The Balaban J connectivity index is 2.41. The molecule has 0 aromatic carbocycles. The van der Waals surface area contributed by atoms with E-state index in [9.17, 15) is 0 Å². The average Bonchev–Trinajstić information content (AvgIpc) is 2.70. The first-order chi connectivity index (χ1) is 8.49. The Bertz CT molecular complexity index is 557. The number of aromatic nitrogens is 4. The molecule has 0 amide bonds. The Morgan fingerprint density at radius 2 is 2.06 bits per heavy atom. The van der Waals surface area contributed by atoms with Gasteiger partial charge in [0, 0.05) is 37.3 Å². The van der Waals surface area contributed by atoms with Crippen LogP contribution in [0, 0.1) is 6.92 Å². The Kier molecular flexibility index (Phi) is 3.32. The Hall–Kier alpha value is -1.91. The summed E-state index contributed by atoms with van der Waals surface area (Å²) in [6.45, 7) is 6.08. The maximum absolute atomic E-state index is 5.95. The zero-order valence-corrected chi connectivity index (χ0v) is 11.3. The van der Waals surface area contributed by atoms with Crippen molar-refractivity contribution in [3.8, 4) is 0 Å². The maximum atomic E-state index is 5.95. The summed E-state index contributed by atoms with van der Waals surface area (Å²) in [6.07, 6.45) is 4.40. The van der Waals surface area contributed by atoms with Crippen LogP contribution >= 0.6 is 0 Å². The van der Waals surface area contributed by atoms with Gasteiger partial charge in [-0.05, 0) is 6.92 Å². The molecule has 0 saturated carbocycles. The number of hydrogen-bond acceptors (Lipinski definition) is 4. The van der Waals surface area contributed by atoms with E-state index in [0.717, 1.165) is 22.9 Å². The molecule has 0 unspecified atom stereocenters. The number of hydrogen-bond donors (Lipinski definition) is 1. The van der Waals surface area contributed by atoms with Gasteiger partial charge in [-0.15, -0.1) is 0 Å². The molecule has 0 fully saturated rings. The van der Waals surface area contributed by atoms with Gasteiger partial charge in [0.15, 0.2) is 0 Å². The van der Waals surface area contributed by atoms with Crippen LogP contribution in [0.1, 0.15) is 42.7 Å². The second-order valence-corrected chi connectivity index (χ2v) is 4.82. The van der Waals surface area contributed by atoms with Gasteiger partial charge >= 0.3 is 0 Å². The first-order valence-corrected chi connectivity index (χ1v) is 6.08. The summed E-state index contributed by atoms with van der Waals surface area (Å²) in [5, 5.41) is 0. The lowest BCUT2D eigenvalue weighted by Crippen LogP contribution is -2.10. The highest BCUT2D eigenvalue weighted by Crippen LogP contribution is 2.19. The van der Waals surface area contributed by atoms with Crippen LogP contribution in [0.4, 0.5) is 5.82 Å². The van der Waals surface area contributed by atoms with Crippen molar-refractivity contribution in [2.45, 2.75) is 33.1 Å². The minimum absolute atomic E-state index is 0.271. The Morgan fingerprint density at radius 1 is 1.33 bits per heavy atom. The molecule has 0 aliphatic heterocycles. The van der Waals surface area contributed by atoms with E-state index in [1.54, 1.807) is 6.20 Å². The van der Waals surface area contributed by atoms with E-state index in [4.69, 9.17) is 5.73 Å². The van der Waals surface area contributed by atoms with E-state index in [1.165, 1.54) is 0 Å². The van der Waals surface area contributed by atoms with E-state index >= 15 is 0 Å². The zero-order chi connectivity index (χ0) is 13.3. The predicted octanol–water partition coefficient (Wildman–Crippen LogP) is 1.81. The van der Waals surface area contributed by atoms with Gasteiger partial charge in [-0.1, -0.05) is 13.8 Å². The molecule has 18 heavy (non-hydrogen) atoms. The first-order valence-electron chi connectivity index (χ1n) is 6.08. The predicted molar refractivity (Wildman–Crippen MR) is 71.3 cm³/mol. The molecule has 96 valence electrons. The smallest absolute Gasteiger partial charge is 0.133 e. The summed E-state index contributed by atoms with van der Waals surface area (Å²) in [5.41, 5.74) is 7.85. The van der Waals surface area contributed by atoms with Gasteiger partial charge in [-0.25, -0.2) is 15.0 Å². The molecule has 0 bridgehead atoms. The van der Waals surface area contributed by atoms with Gasteiger partial charge in [0.1, 0.15) is 17.5 Å². The second-order valence-electron chi connectivity index (χ2n) is 4.82. The first kappa shape index (κ1) is 12.5. The minimum Gasteiger partial charge on any atom is -0.383 e. The fourth-order valence-corrected chi connectivity index (χ4v) is 1.75. The summed E-state index contributed by atoms with van der Waals surface area (Å²) >= 11 is 0. The zero-order valence-electron chi connectivity index (χ0n) is 11.3. The highest BCUT2D eigenvalue weighted by molar-refractivity contribution is 5.42. The van der Waals surface area contributed by atoms with Crippen LogP contribution in [0.25, 0.3) is 0 Å². The molecule has 0 atom stereocenters. The normalized spacial score (nSPS) is 11.2. The third kappa shape index (κ3) is 2.34. The minimum atomic E-state index is 0.271. The van der Waals surface area contributed by atoms with E-state index in [2.05, 4.69) is 28.8 Å². The molecule has 2 rings (SSSR count). The molecule has 2 heterocycles. The molecule has 0 radical (unpaired) electrons. The van der Waals surface area contributed by atoms with Crippen molar-refractivity contribution in [2.24, 2.45) is 7.05 Å².